The molecule has 0 aliphatic heterocycles. The Labute approximate surface area is 195 Å². The normalized spacial score (nSPS) is 13.4. The Morgan fingerprint density at radius 2 is 1.30 bits per heavy atom. The number of carbonyl (C=O) groups is 6. The van der Waals surface area contributed by atoms with Gasteiger partial charge in [0.2, 0.25) is 23.6 Å². The molecule has 11 heteroatoms. The molecule has 0 heterocycles. The Morgan fingerprint density at radius 1 is 0.697 bits per heavy atom. The highest BCUT2D eigenvalue weighted by molar-refractivity contribution is 5.93. The molecule has 11 nitrogen and oxygen atoms in total. The Kier molecular flexibility index (Phi) is 14.5. The molecule has 0 saturated carbocycles. The third-order valence-electron chi connectivity index (χ3n) is 4.45. The molecule has 0 saturated heterocycles. The lowest BCUT2D eigenvalue weighted by molar-refractivity contribution is -0.134. The van der Waals surface area contributed by atoms with E-state index in [9.17, 15) is 28.8 Å². The van der Waals surface area contributed by atoms with Crippen LogP contribution in [-0.4, -0.2) is 73.6 Å². The zero-order chi connectivity index (χ0) is 25.6. The summed E-state index contributed by atoms with van der Waals surface area (Å²) in [5.41, 5.74) is 0. The van der Waals surface area contributed by atoms with Crippen LogP contribution in [-0.2, 0) is 33.5 Å². The first kappa shape index (κ1) is 30.2. The number of amides is 4. The Morgan fingerprint density at radius 3 is 1.88 bits per heavy atom. The van der Waals surface area contributed by atoms with Crippen LogP contribution in [0.3, 0.4) is 0 Å². The maximum absolute atomic E-state index is 12.3. The molecule has 0 rings (SSSR count). The Balaban J connectivity index is 4.29. The van der Waals surface area contributed by atoms with E-state index in [0.29, 0.717) is 6.42 Å². The molecule has 0 radical (unpaired) electrons. The summed E-state index contributed by atoms with van der Waals surface area (Å²) in [7, 11) is 0. The first-order chi connectivity index (χ1) is 15.3. The molecule has 3 unspecified atom stereocenters. The van der Waals surface area contributed by atoms with Gasteiger partial charge in [-0.1, -0.05) is 20.8 Å². The van der Waals surface area contributed by atoms with Gasteiger partial charge in [0, 0.05) is 31.8 Å². The van der Waals surface area contributed by atoms with Gasteiger partial charge in [0.25, 0.3) is 0 Å². The van der Waals surface area contributed by atoms with Crippen molar-refractivity contribution in [3.63, 3.8) is 0 Å². The van der Waals surface area contributed by atoms with Gasteiger partial charge in [0.15, 0.2) is 11.6 Å². The van der Waals surface area contributed by atoms with E-state index in [1.54, 1.807) is 6.92 Å². The van der Waals surface area contributed by atoms with Crippen molar-refractivity contribution in [3.05, 3.63) is 0 Å². The summed E-state index contributed by atoms with van der Waals surface area (Å²) in [6, 6.07) is -1.66. The van der Waals surface area contributed by atoms with Crippen molar-refractivity contribution in [2.24, 2.45) is 11.8 Å². The smallest absolute Gasteiger partial charge is 0.246 e. The highest BCUT2D eigenvalue weighted by Crippen LogP contribution is 2.06. The topological polar surface area (TPSA) is 160 Å². The molecule has 188 valence electrons. The molecule has 3 atom stereocenters. The average molecular weight is 471 g/mol. The zero-order valence-corrected chi connectivity index (χ0v) is 20.4. The minimum Gasteiger partial charge on any atom is -0.364 e. The van der Waals surface area contributed by atoms with E-state index in [2.05, 4.69) is 21.3 Å². The standard InChI is InChI=1S/C22H38N4O7/c1-13(2)9-19(29)23-7-8-24-22(32)17(6)26-21(31)14(3)10-18(28)16(5)25-20(30)12-33-11-15(4)27/h13-14,16-17H,7-12H2,1-6H3,(H,23,29)(H,24,32)(H,25,30)(H,26,31). The van der Waals surface area contributed by atoms with Crippen LogP contribution in [0.15, 0.2) is 0 Å². The molecule has 0 aliphatic carbocycles. The van der Waals surface area contributed by atoms with Crippen molar-refractivity contribution in [3.8, 4) is 0 Å². The molecule has 0 fully saturated rings. The fraction of sp³-hybridized carbons (Fsp3) is 0.727. The number of nitrogens with one attached hydrogen (secondary N) is 4. The molecule has 0 aliphatic rings. The highest BCUT2D eigenvalue weighted by atomic mass is 16.5. The molecule has 0 aromatic rings. The number of rotatable bonds is 16. The number of hydrogen-bond acceptors (Lipinski definition) is 7. The molecular formula is C22H38N4O7. The van der Waals surface area contributed by atoms with Crippen LogP contribution in [0.4, 0.5) is 0 Å². The SMILES string of the molecule is CC(=O)COCC(=O)NC(C)C(=O)CC(C)C(=O)NC(C)C(=O)NCCNC(=O)CC(C)C. The Hall–Kier alpha value is -2.82. The van der Waals surface area contributed by atoms with Crippen molar-refractivity contribution < 1.29 is 33.5 Å². The quantitative estimate of drug-likeness (QED) is 0.221. The summed E-state index contributed by atoms with van der Waals surface area (Å²) in [4.78, 5) is 70.8. The number of ether oxygens (including phenoxy) is 1. The van der Waals surface area contributed by atoms with Crippen molar-refractivity contribution in [2.75, 3.05) is 26.3 Å². The summed E-state index contributed by atoms with van der Waals surface area (Å²) in [5, 5.41) is 10.3. The molecule has 4 amide bonds. The van der Waals surface area contributed by atoms with Gasteiger partial charge < -0.3 is 26.0 Å². The number of ketones is 2. The van der Waals surface area contributed by atoms with E-state index in [1.807, 2.05) is 13.8 Å². The lowest BCUT2D eigenvalue weighted by Crippen LogP contribution is -2.48. The van der Waals surface area contributed by atoms with Crippen LogP contribution in [0, 0.1) is 11.8 Å². The summed E-state index contributed by atoms with van der Waals surface area (Å²) >= 11 is 0. The van der Waals surface area contributed by atoms with Crippen molar-refractivity contribution in [1.29, 1.82) is 0 Å². The van der Waals surface area contributed by atoms with E-state index in [4.69, 9.17) is 4.74 Å². The zero-order valence-electron chi connectivity index (χ0n) is 20.4. The van der Waals surface area contributed by atoms with Gasteiger partial charge in [-0.05, 0) is 26.7 Å². The number of carbonyl (C=O) groups excluding carboxylic acids is 6. The summed E-state index contributed by atoms with van der Waals surface area (Å²) < 4.78 is 4.89. The summed E-state index contributed by atoms with van der Waals surface area (Å²) in [5.74, 6) is -2.56. The van der Waals surface area contributed by atoms with Gasteiger partial charge in [0.1, 0.15) is 19.3 Å². The molecule has 0 aromatic carbocycles. The first-order valence-corrected chi connectivity index (χ1v) is 11.1. The van der Waals surface area contributed by atoms with Gasteiger partial charge in [-0.2, -0.15) is 0 Å². The predicted molar refractivity (Wildman–Crippen MR) is 121 cm³/mol. The van der Waals surface area contributed by atoms with Crippen LogP contribution >= 0.6 is 0 Å². The number of hydrogen-bond donors (Lipinski definition) is 4. The molecule has 33 heavy (non-hydrogen) atoms. The summed E-state index contributed by atoms with van der Waals surface area (Å²) in [6.45, 7) is 9.73. The minimum atomic E-state index is -0.833. The monoisotopic (exact) mass is 470 g/mol. The maximum Gasteiger partial charge on any atom is 0.246 e. The lowest BCUT2D eigenvalue weighted by Gasteiger charge is -2.19. The van der Waals surface area contributed by atoms with Gasteiger partial charge >= 0.3 is 0 Å². The second kappa shape index (κ2) is 15.9. The predicted octanol–water partition coefficient (Wildman–Crippen LogP) is -0.525. The lowest BCUT2D eigenvalue weighted by atomic mass is 9.99. The third kappa shape index (κ3) is 14.8. The largest absolute Gasteiger partial charge is 0.364 e. The highest BCUT2D eigenvalue weighted by Gasteiger charge is 2.24. The molecule has 4 N–H and O–H groups in total. The van der Waals surface area contributed by atoms with Crippen LogP contribution in [0.5, 0.6) is 0 Å². The van der Waals surface area contributed by atoms with E-state index >= 15 is 0 Å². The van der Waals surface area contributed by atoms with E-state index in [-0.39, 0.29) is 56.1 Å². The minimum absolute atomic E-state index is 0.0897. The van der Waals surface area contributed by atoms with Crippen molar-refractivity contribution in [1.82, 2.24) is 21.3 Å². The first-order valence-electron chi connectivity index (χ1n) is 11.1. The van der Waals surface area contributed by atoms with Gasteiger partial charge in [-0.15, -0.1) is 0 Å². The van der Waals surface area contributed by atoms with E-state index in [0.717, 1.165) is 0 Å². The average Bonchev–Trinajstić information content (AvgIpc) is 2.69. The fourth-order valence-corrected chi connectivity index (χ4v) is 2.63. The second-order valence-corrected chi connectivity index (χ2v) is 8.52. The number of Topliss-reactive ketones (excluding diaryl/α,β-unsaturated/α-hetero) is 2. The van der Waals surface area contributed by atoms with Crippen LogP contribution in [0.25, 0.3) is 0 Å². The molecule has 0 bridgehead atoms. The van der Waals surface area contributed by atoms with Crippen LogP contribution in [0.2, 0.25) is 0 Å². The van der Waals surface area contributed by atoms with Crippen LogP contribution in [0.1, 0.15) is 54.4 Å². The van der Waals surface area contributed by atoms with Crippen molar-refractivity contribution >= 4 is 35.2 Å². The van der Waals surface area contributed by atoms with E-state index < -0.39 is 35.7 Å². The van der Waals surface area contributed by atoms with Gasteiger partial charge in [-0.25, -0.2) is 0 Å². The molecular weight excluding hydrogens is 432 g/mol. The van der Waals surface area contributed by atoms with Gasteiger partial charge in [-0.3, -0.25) is 28.8 Å². The van der Waals surface area contributed by atoms with Gasteiger partial charge in [0.05, 0.1) is 6.04 Å². The van der Waals surface area contributed by atoms with Crippen LogP contribution < -0.4 is 21.3 Å². The third-order valence-corrected chi connectivity index (χ3v) is 4.45. The molecule has 0 spiro atoms. The fourth-order valence-electron chi connectivity index (χ4n) is 2.63. The maximum atomic E-state index is 12.3. The Bertz CT molecular complexity index is 709. The summed E-state index contributed by atoms with van der Waals surface area (Å²) in [6.07, 6.45) is 0.283. The molecule has 0 aromatic heterocycles. The second-order valence-electron chi connectivity index (χ2n) is 8.52. The van der Waals surface area contributed by atoms with Crippen molar-refractivity contribution in [2.45, 2.75) is 66.5 Å². The van der Waals surface area contributed by atoms with E-state index in [1.165, 1.54) is 20.8 Å².